The minimum Gasteiger partial charge on any atom is -0.369 e. The van der Waals surface area contributed by atoms with Crippen LogP contribution in [0, 0.1) is 0 Å². The number of nitrogens with zero attached hydrogens (tertiary/aromatic N) is 2. The van der Waals surface area contributed by atoms with Crippen molar-refractivity contribution in [2.24, 2.45) is 5.73 Å². The largest absolute Gasteiger partial charge is 0.369 e. The molecule has 126 valence electrons. The quantitative estimate of drug-likeness (QED) is 0.875. The summed E-state index contributed by atoms with van der Waals surface area (Å²) in [5.74, 6) is -0.289. The maximum Gasteiger partial charge on any atom is 0.318 e. The van der Waals surface area contributed by atoms with Crippen molar-refractivity contribution in [2.45, 2.75) is 37.8 Å². The Balaban J connectivity index is 1.50. The Morgan fingerprint density at radius 3 is 2.70 bits per heavy atom. The van der Waals surface area contributed by atoms with Gasteiger partial charge in [-0.05, 0) is 48.1 Å². The number of rotatable bonds is 4. The monoisotopic (exact) mass is 336 g/mol. The molecule has 0 saturated carbocycles. The molecule has 3 heterocycles. The summed E-state index contributed by atoms with van der Waals surface area (Å²) >= 11 is 1.68. The summed E-state index contributed by atoms with van der Waals surface area (Å²) < 4.78 is 0. The molecule has 2 saturated heterocycles. The first-order chi connectivity index (χ1) is 11.1. The summed E-state index contributed by atoms with van der Waals surface area (Å²) in [5.41, 5.74) is 6.48. The number of likely N-dealkylation sites (tertiary alicyclic amines) is 2. The summed E-state index contributed by atoms with van der Waals surface area (Å²) in [6.07, 6.45) is 3.85. The molecule has 0 aromatic carbocycles. The van der Waals surface area contributed by atoms with E-state index in [1.165, 1.54) is 5.56 Å². The SMILES string of the molecule is NC(=O)CN1CCC(NC(=O)N2CCC[C@H]2c2ccsc2)CC1. The first kappa shape index (κ1) is 16.3. The van der Waals surface area contributed by atoms with Crippen molar-refractivity contribution in [1.82, 2.24) is 15.1 Å². The molecule has 1 aromatic heterocycles. The standard InChI is InChI=1S/C16H24N4O2S/c17-15(21)10-19-7-3-13(4-8-19)18-16(22)20-6-1-2-14(20)12-5-9-23-11-12/h5,9,11,13-14H,1-4,6-8,10H2,(H2,17,21)(H,18,22)/t14-/m0/s1. The Morgan fingerprint density at radius 2 is 2.04 bits per heavy atom. The van der Waals surface area contributed by atoms with E-state index in [9.17, 15) is 9.59 Å². The predicted octanol–water partition coefficient (Wildman–Crippen LogP) is 1.54. The summed E-state index contributed by atoms with van der Waals surface area (Å²) in [7, 11) is 0. The van der Waals surface area contributed by atoms with Crippen molar-refractivity contribution in [3.05, 3.63) is 22.4 Å². The van der Waals surface area contributed by atoms with Gasteiger partial charge in [0, 0.05) is 25.7 Å². The van der Waals surface area contributed by atoms with Crippen LogP contribution in [0.2, 0.25) is 0 Å². The highest BCUT2D eigenvalue weighted by Gasteiger charge is 2.31. The number of piperidine rings is 1. The van der Waals surface area contributed by atoms with Crippen molar-refractivity contribution in [2.75, 3.05) is 26.2 Å². The van der Waals surface area contributed by atoms with Crippen LogP contribution in [0.5, 0.6) is 0 Å². The third-order valence-electron chi connectivity index (χ3n) is 4.74. The van der Waals surface area contributed by atoms with Crippen LogP contribution in [0.1, 0.15) is 37.3 Å². The summed E-state index contributed by atoms with van der Waals surface area (Å²) in [5, 5.41) is 7.38. The van der Waals surface area contributed by atoms with Crippen LogP contribution in [0.4, 0.5) is 4.79 Å². The highest BCUT2D eigenvalue weighted by Crippen LogP contribution is 2.33. The van der Waals surface area contributed by atoms with Gasteiger partial charge in [-0.15, -0.1) is 0 Å². The van der Waals surface area contributed by atoms with Crippen molar-refractivity contribution in [1.29, 1.82) is 0 Å². The lowest BCUT2D eigenvalue weighted by atomic mass is 10.1. The molecule has 7 heteroatoms. The van der Waals surface area contributed by atoms with Gasteiger partial charge in [0.05, 0.1) is 12.6 Å². The molecule has 0 spiro atoms. The number of hydrogen-bond donors (Lipinski definition) is 2. The first-order valence-electron chi connectivity index (χ1n) is 8.23. The van der Waals surface area contributed by atoms with Crippen molar-refractivity contribution in [3.8, 4) is 0 Å². The van der Waals surface area contributed by atoms with Gasteiger partial charge in [-0.1, -0.05) is 0 Å². The average Bonchev–Trinajstić information content (AvgIpc) is 3.19. The van der Waals surface area contributed by atoms with Gasteiger partial charge in [-0.3, -0.25) is 9.69 Å². The zero-order valence-electron chi connectivity index (χ0n) is 13.2. The smallest absolute Gasteiger partial charge is 0.318 e. The molecule has 23 heavy (non-hydrogen) atoms. The zero-order chi connectivity index (χ0) is 16.2. The lowest BCUT2D eigenvalue weighted by molar-refractivity contribution is -0.119. The minimum absolute atomic E-state index is 0.0482. The molecule has 3 rings (SSSR count). The third-order valence-corrected chi connectivity index (χ3v) is 5.44. The predicted molar refractivity (Wildman–Crippen MR) is 90.2 cm³/mol. The average molecular weight is 336 g/mol. The Labute approximate surface area is 140 Å². The first-order valence-corrected chi connectivity index (χ1v) is 9.17. The van der Waals surface area contributed by atoms with Crippen molar-refractivity contribution < 1.29 is 9.59 Å². The van der Waals surface area contributed by atoms with Crippen LogP contribution in [0.25, 0.3) is 0 Å². The number of thiophene rings is 1. The van der Waals surface area contributed by atoms with E-state index in [0.29, 0.717) is 6.54 Å². The van der Waals surface area contributed by atoms with Crippen LogP contribution in [0.3, 0.4) is 0 Å². The van der Waals surface area contributed by atoms with Crippen molar-refractivity contribution >= 4 is 23.3 Å². The molecule has 0 unspecified atom stereocenters. The summed E-state index contributed by atoms with van der Waals surface area (Å²) in [4.78, 5) is 27.6. The van der Waals surface area contributed by atoms with Crippen molar-refractivity contribution in [3.63, 3.8) is 0 Å². The molecule has 0 bridgehead atoms. The van der Waals surface area contributed by atoms with Gasteiger partial charge in [-0.25, -0.2) is 4.79 Å². The van der Waals surface area contributed by atoms with E-state index in [0.717, 1.165) is 45.3 Å². The van der Waals surface area contributed by atoms with Gasteiger partial charge in [0.15, 0.2) is 0 Å². The number of primary amides is 1. The number of carbonyl (C=O) groups is 2. The van der Waals surface area contributed by atoms with Gasteiger partial charge < -0.3 is 16.0 Å². The van der Waals surface area contributed by atoms with Crippen LogP contribution >= 0.6 is 11.3 Å². The molecule has 1 aromatic rings. The molecule has 2 fully saturated rings. The summed E-state index contributed by atoms with van der Waals surface area (Å²) in [6, 6.07) is 2.57. The molecular weight excluding hydrogens is 312 g/mol. The van der Waals surface area contributed by atoms with E-state index in [2.05, 4.69) is 27.0 Å². The molecule has 3 amide bonds. The Kier molecular flexibility index (Phi) is 5.17. The van der Waals surface area contributed by atoms with E-state index in [1.54, 1.807) is 11.3 Å². The molecule has 2 aliphatic rings. The molecule has 0 radical (unpaired) electrons. The lowest BCUT2D eigenvalue weighted by Crippen LogP contribution is -2.50. The highest BCUT2D eigenvalue weighted by molar-refractivity contribution is 7.07. The molecule has 2 aliphatic heterocycles. The number of carbonyl (C=O) groups excluding carboxylic acids is 2. The molecule has 1 atom stereocenters. The number of urea groups is 1. The number of nitrogens with two attached hydrogens (primary N) is 1. The van der Waals surface area contributed by atoms with Gasteiger partial charge in [0.25, 0.3) is 0 Å². The van der Waals surface area contributed by atoms with Gasteiger partial charge >= 0.3 is 6.03 Å². The maximum atomic E-state index is 12.6. The van der Waals surface area contributed by atoms with Crippen LogP contribution in [-0.4, -0.2) is 54.0 Å². The Bertz CT molecular complexity index is 540. The van der Waals surface area contributed by atoms with Crippen LogP contribution in [-0.2, 0) is 4.79 Å². The van der Waals surface area contributed by atoms with E-state index in [-0.39, 0.29) is 24.0 Å². The molecule has 0 aliphatic carbocycles. The van der Waals surface area contributed by atoms with Crippen LogP contribution < -0.4 is 11.1 Å². The lowest BCUT2D eigenvalue weighted by Gasteiger charge is -2.33. The fourth-order valence-corrected chi connectivity index (χ4v) is 4.24. The highest BCUT2D eigenvalue weighted by atomic mass is 32.1. The van der Waals surface area contributed by atoms with E-state index in [1.807, 2.05) is 4.90 Å². The van der Waals surface area contributed by atoms with Gasteiger partial charge in [0.1, 0.15) is 0 Å². The van der Waals surface area contributed by atoms with E-state index >= 15 is 0 Å². The zero-order valence-corrected chi connectivity index (χ0v) is 14.1. The van der Waals surface area contributed by atoms with Crippen LogP contribution in [0.15, 0.2) is 16.8 Å². The van der Waals surface area contributed by atoms with Gasteiger partial charge in [0.2, 0.25) is 5.91 Å². The molecule has 3 N–H and O–H groups in total. The second-order valence-corrected chi connectivity index (χ2v) is 7.15. The number of hydrogen-bond acceptors (Lipinski definition) is 4. The number of amides is 3. The van der Waals surface area contributed by atoms with Gasteiger partial charge in [-0.2, -0.15) is 11.3 Å². The maximum absolute atomic E-state index is 12.6. The molecular formula is C16H24N4O2S. The fourth-order valence-electron chi connectivity index (χ4n) is 3.53. The summed E-state index contributed by atoms with van der Waals surface area (Å²) in [6.45, 7) is 2.75. The minimum atomic E-state index is -0.289. The third kappa shape index (κ3) is 4.03. The molecule has 6 nitrogen and oxygen atoms in total. The second-order valence-electron chi connectivity index (χ2n) is 6.37. The fraction of sp³-hybridized carbons (Fsp3) is 0.625. The normalized spacial score (nSPS) is 23.1. The second kappa shape index (κ2) is 7.31. The van der Waals surface area contributed by atoms with E-state index in [4.69, 9.17) is 5.73 Å². The van der Waals surface area contributed by atoms with E-state index < -0.39 is 0 Å². The Morgan fingerprint density at radius 1 is 1.26 bits per heavy atom. The topological polar surface area (TPSA) is 78.7 Å². The Hall–Kier alpha value is -1.60. The number of nitrogens with one attached hydrogen (secondary N) is 1.